The fourth-order valence-electron chi connectivity index (χ4n) is 3.84. The zero-order chi connectivity index (χ0) is 15.5. The Balaban J connectivity index is 1.77. The molecule has 1 spiro atoms. The van der Waals surface area contributed by atoms with Gasteiger partial charge in [-0.1, -0.05) is 24.3 Å². The van der Waals surface area contributed by atoms with Crippen molar-refractivity contribution >= 4 is 17.6 Å². The van der Waals surface area contributed by atoms with Gasteiger partial charge in [0.1, 0.15) is 17.3 Å². The molecular formula is C16H15NO5. The largest absolute Gasteiger partial charge is 0.495 e. The Bertz CT molecular complexity index is 700. The first kappa shape index (κ1) is 13.3. The molecule has 6 nitrogen and oxygen atoms in total. The molecule has 1 amide bonds. The molecule has 0 radical (unpaired) electrons. The molecule has 0 aliphatic carbocycles. The minimum atomic E-state index is -0.989. The Hall–Kier alpha value is -2.34. The molecular weight excluding hydrogens is 286 g/mol. The van der Waals surface area contributed by atoms with Gasteiger partial charge >= 0.3 is 5.97 Å². The van der Waals surface area contributed by atoms with E-state index in [1.807, 2.05) is 18.2 Å². The molecule has 2 saturated heterocycles. The Kier molecular flexibility index (Phi) is 2.62. The predicted octanol–water partition coefficient (Wildman–Crippen LogP) is 1.07. The van der Waals surface area contributed by atoms with Crippen LogP contribution in [0.2, 0.25) is 0 Å². The molecule has 4 atom stereocenters. The van der Waals surface area contributed by atoms with Gasteiger partial charge in [0.15, 0.2) is 0 Å². The minimum absolute atomic E-state index is 0.219. The second-order valence-corrected chi connectivity index (χ2v) is 5.83. The van der Waals surface area contributed by atoms with Gasteiger partial charge in [-0.15, -0.1) is 0 Å². The van der Waals surface area contributed by atoms with Crippen LogP contribution in [0.5, 0.6) is 5.75 Å². The summed E-state index contributed by atoms with van der Waals surface area (Å²) in [6.07, 6.45) is 3.09. The number of methoxy groups -OCH3 is 1. The molecule has 4 rings (SSSR count). The number of hydrogen-bond donors (Lipinski definition) is 1. The number of carboxylic acids is 1. The molecule has 2 bridgehead atoms. The van der Waals surface area contributed by atoms with Crippen molar-refractivity contribution in [2.75, 3.05) is 18.6 Å². The fourth-order valence-corrected chi connectivity index (χ4v) is 3.84. The van der Waals surface area contributed by atoms with Crippen LogP contribution in [0.1, 0.15) is 0 Å². The molecule has 0 unspecified atom stereocenters. The smallest absolute Gasteiger partial charge is 0.310 e. The lowest BCUT2D eigenvalue weighted by molar-refractivity contribution is -0.146. The van der Waals surface area contributed by atoms with E-state index in [1.54, 1.807) is 30.2 Å². The van der Waals surface area contributed by atoms with Crippen molar-refractivity contribution in [3.63, 3.8) is 0 Å². The fraction of sp³-hybridized carbons (Fsp3) is 0.375. The van der Waals surface area contributed by atoms with E-state index < -0.39 is 29.5 Å². The first-order valence-electron chi connectivity index (χ1n) is 7.12. The number of para-hydroxylation sites is 2. The highest BCUT2D eigenvalue weighted by Crippen LogP contribution is 2.53. The summed E-state index contributed by atoms with van der Waals surface area (Å²) in [7, 11) is 1.54. The summed E-state index contributed by atoms with van der Waals surface area (Å²) in [5, 5.41) is 9.45. The minimum Gasteiger partial charge on any atom is -0.495 e. The number of carbonyl (C=O) groups excluding carboxylic acids is 1. The van der Waals surface area contributed by atoms with Crippen molar-refractivity contribution in [3.05, 3.63) is 36.4 Å². The summed E-state index contributed by atoms with van der Waals surface area (Å²) in [5.74, 6) is -2.13. The second-order valence-electron chi connectivity index (χ2n) is 5.83. The number of benzene rings is 1. The standard InChI is InChI=1S/C16H15NO5/c1-21-10-5-3-2-4-9(10)17-8-16-7-6-11(22-16)12(15(19)20)13(16)14(17)18/h2-7,11-13H,8H2,1H3,(H,19,20)/t11-,12-,13-,16-/m1/s1. The number of amides is 1. The van der Waals surface area contributed by atoms with Gasteiger partial charge in [0.2, 0.25) is 5.91 Å². The third kappa shape index (κ3) is 1.53. The predicted molar refractivity (Wildman–Crippen MR) is 76.7 cm³/mol. The van der Waals surface area contributed by atoms with Crippen LogP contribution in [0.4, 0.5) is 5.69 Å². The molecule has 0 saturated carbocycles. The van der Waals surface area contributed by atoms with E-state index in [2.05, 4.69) is 0 Å². The maximum atomic E-state index is 12.8. The summed E-state index contributed by atoms with van der Waals surface area (Å²) < 4.78 is 11.2. The van der Waals surface area contributed by atoms with Gasteiger partial charge in [-0.25, -0.2) is 0 Å². The first-order valence-corrected chi connectivity index (χ1v) is 7.12. The van der Waals surface area contributed by atoms with Gasteiger partial charge in [-0.05, 0) is 12.1 Å². The number of fused-ring (bicyclic) bond motifs is 1. The summed E-state index contributed by atoms with van der Waals surface area (Å²) >= 11 is 0. The molecule has 3 aliphatic heterocycles. The first-order chi connectivity index (χ1) is 10.6. The monoisotopic (exact) mass is 301 g/mol. The normalized spacial score (nSPS) is 35.0. The van der Waals surface area contributed by atoms with Gasteiger partial charge in [0.05, 0.1) is 31.4 Å². The summed E-state index contributed by atoms with van der Waals surface area (Å²) in [4.78, 5) is 26.0. The summed E-state index contributed by atoms with van der Waals surface area (Å²) in [6.45, 7) is 0.313. The van der Waals surface area contributed by atoms with Crippen LogP contribution in [0.3, 0.4) is 0 Å². The van der Waals surface area contributed by atoms with Crippen LogP contribution < -0.4 is 9.64 Å². The number of aliphatic carboxylic acids is 1. The lowest BCUT2D eigenvalue weighted by atomic mass is 9.77. The van der Waals surface area contributed by atoms with Crippen LogP contribution in [0.25, 0.3) is 0 Å². The average Bonchev–Trinajstić information content (AvgIpc) is 3.15. The summed E-state index contributed by atoms with van der Waals surface area (Å²) in [5.41, 5.74) is -0.186. The van der Waals surface area contributed by atoms with E-state index in [0.29, 0.717) is 18.0 Å². The number of rotatable bonds is 3. The summed E-state index contributed by atoms with van der Waals surface area (Å²) in [6, 6.07) is 7.21. The molecule has 3 aliphatic rings. The molecule has 2 fully saturated rings. The van der Waals surface area contributed by atoms with Crippen LogP contribution in [-0.2, 0) is 14.3 Å². The van der Waals surface area contributed by atoms with Gasteiger partial charge in [-0.3, -0.25) is 9.59 Å². The topological polar surface area (TPSA) is 76.1 Å². The molecule has 3 heterocycles. The van der Waals surface area contributed by atoms with Gasteiger partial charge < -0.3 is 19.5 Å². The lowest BCUT2D eigenvalue weighted by Gasteiger charge is -2.22. The Morgan fingerprint density at radius 2 is 2.23 bits per heavy atom. The van der Waals surface area contributed by atoms with Crippen LogP contribution in [0, 0.1) is 11.8 Å². The number of hydrogen-bond acceptors (Lipinski definition) is 4. The van der Waals surface area contributed by atoms with Gasteiger partial charge in [-0.2, -0.15) is 0 Å². The quantitative estimate of drug-likeness (QED) is 0.845. The van der Waals surface area contributed by atoms with E-state index in [1.165, 1.54) is 0 Å². The Labute approximate surface area is 126 Å². The second kappa shape index (κ2) is 4.33. The Morgan fingerprint density at radius 3 is 2.95 bits per heavy atom. The zero-order valence-corrected chi connectivity index (χ0v) is 11.9. The number of nitrogens with zero attached hydrogens (tertiary/aromatic N) is 1. The van der Waals surface area contributed by atoms with Crippen LogP contribution >= 0.6 is 0 Å². The van der Waals surface area contributed by atoms with Crippen LogP contribution in [0.15, 0.2) is 36.4 Å². The number of carboxylic acid groups (broad SMARTS) is 1. The SMILES string of the molecule is COc1ccccc1N1C[C@@]23C=C[C@@H](O2)[C@@H](C(=O)O)[C@@H]3C1=O. The lowest BCUT2D eigenvalue weighted by Crippen LogP contribution is -2.39. The van der Waals surface area contributed by atoms with Crippen molar-refractivity contribution in [3.8, 4) is 5.75 Å². The third-order valence-corrected chi connectivity index (χ3v) is 4.76. The molecule has 6 heteroatoms. The van der Waals surface area contributed by atoms with Crippen molar-refractivity contribution in [1.29, 1.82) is 0 Å². The van der Waals surface area contributed by atoms with E-state index in [9.17, 15) is 14.7 Å². The Morgan fingerprint density at radius 1 is 1.45 bits per heavy atom. The molecule has 1 N–H and O–H groups in total. The highest BCUT2D eigenvalue weighted by Gasteiger charge is 2.67. The van der Waals surface area contributed by atoms with Gasteiger partial charge in [0.25, 0.3) is 0 Å². The van der Waals surface area contributed by atoms with Crippen molar-refractivity contribution in [1.82, 2.24) is 0 Å². The van der Waals surface area contributed by atoms with Crippen molar-refractivity contribution < 1.29 is 24.2 Å². The van der Waals surface area contributed by atoms with Crippen LogP contribution in [-0.4, -0.2) is 42.3 Å². The highest BCUT2D eigenvalue weighted by atomic mass is 16.5. The third-order valence-electron chi connectivity index (χ3n) is 4.76. The highest BCUT2D eigenvalue weighted by molar-refractivity contribution is 6.03. The molecule has 1 aromatic rings. The van der Waals surface area contributed by atoms with Crippen molar-refractivity contribution in [2.24, 2.45) is 11.8 Å². The van der Waals surface area contributed by atoms with E-state index in [-0.39, 0.29) is 5.91 Å². The molecule has 0 aromatic heterocycles. The maximum Gasteiger partial charge on any atom is 0.310 e. The molecule has 114 valence electrons. The van der Waals surface area contributed by atoms with E-state index >= 15 is 0 Å². The maximum absolute atomic E-state index is 12.8. The number of ether oxygens (including phenoxy) is 2. The van der Waals surface area contributed by atoms with E-state index in [0.717, 1.165) is 0 Å². The molecule has 22 heavy (non-hydrogen) atoms. The van der Waals surface area contributed by atoms with Crippen molar-refractivity contribution in [2.45, 2.75) is 11.7 Å². The number of carbonyl (C=O) groups is 2. The molecule has 1 aromatic carbocycles. The number of anilines is 1. The zero-order valence-electron chi connectivity index (χ0n) is 11.9. The average molecular weight is 301 g/mol. The van der Waals surface area contributed by atoms with E-state index in [4.69, 9.17) is 9.47 Å². The van der Waals surface area contributed by atoms with Gasteiger partial charge in [0, 0.05) is 0 Å².